The molecule has 1 unspecified atom stereocenters. The molecular formula is C46H53ClN10O7. The second-order valence-electron chi connectivity index (χ2n) is 17.8. The zero-order valence-electron chi connectivity index (χ0n) is 36.3. The number of hydrogen-bond donors (Lipinski definition) is 3. The number of nitrogens with zero attached hydrogens (tertiary/aromatic N) is 7. The average molecular weight is 893 g/mol. The van der Waals surface area contributed by atoms with Crippen LogP contribution < -0.4 is 31.1 Å². The first-order valence-electron chi connectivity index (χ1n) is 22.2. The summed E-state index contributed by atoms with van der Waals surface area (Å²) in [6.45, 7) is 9.86. The Morgan fingerprint density at radius 2 is 1.72 bits per heavy atom. The van der Waals surface area contributed by atoms with Crippen molar-refractivity contribution in [2.45, 2.75) is 76.4 Å². The van der Waals surface area contributed by atoms with Gasteiger partial charge in [0.05, 0.1) is 22.8 Å². The summed E-state index contributed by atoms with van der Waals surface area (Å²) < 4.78 is 7.27. The Bertz CT molecular complexity index is 2580. The fourth-order valence-corrected chi connectivity index (χ4v) is 10.2. The van der Waals surface area contributed by atoms with Gasteiger partial charge in [-0.3, -0.25) is 43.9 Å². The van der Waals surface area contributed by atoms with Crippen molar-refractivity contribution in [3.05, 3.63) is 80.7 Å². The number of rotatable bonds is 12. The molecule has 2 aromatic carbocycles. The van der Waals surface area contributed by atoms with Crippen LogP contribution in [0.2, 0.25) is 5.02 Å². The molecule has 4 fully saturated rings. The average Bonchev–Trinajstić information content (AvgIpc) is 3.53. The Hall–Kier alpha value is -5.91. The number of likely N-dealkylation sites (tertiary alicyclic amines) is 1. The molecule has 5 aliphatic rings. The third-order valence-corrected chi connectivity index (χ3v) is 13.8. The predicted molar refractivity (Wildman–Crippen MR) is 240 cm³/mol. The Kier molecular flexibility index (Phi) is 12.1. The number of hydrogen-bond acceptors (Lipinski definition) is 13. The first-order chi connectivity index (χ1) is 30.9. The summed E-state index contributed by atoms with van der Waals surface area (Å²) in [5.41, 5.74) is 2.80. The highest BCUT2D eigenvalue weighted by Gasteiger charge is 2.46. The van der Waals surface area contributed by atoms with Gasteiger partial charge in [-0.2, -0.15) is 4.98 Å². The lowest BCUT2D eigenvalue weighted by Gasteiger charge is -2.47. The summed E-state index contributed by atoms with van der Waals surface area (Å²) in [7, 11) is 1.51. The molecule has 6 heterocycles. The first-order valence-corrected chi connectivity index (χ1v) is 22.6. The topological polar surface area (TPSA) is 191 Å². The molecule has 18 heteroatoms. The molecule has 0 spiro atoms. The van der Waals surface area contributed by atoms with E-state index in [2.05, 4.69) is 35.6 Å². The van der Waals surface area contributed by atoms with Crippen molar-refractivity contribution in [3.8, 4) is 5.75 Å². The number of imide groups is 2. The molecule has 5 amide bonds. The number of aromatic nitrogens is 3. The number of piperazine rings is 1. The van der Waals surface area contributed by atoms with Crippen LogP contribution >= 0.6 is 11.6 Å². The number of piperidine rings is 2. The minimum absolute atomic E-state index is 0.0916. The summed E-state index contributed by atoms with van der Waals surface area (Å²) in [6, 6.07) is 12.2. The number of nitrogens with one attached hydrogen (secondary N) is 3. The van der Waals surface area contributed by atoms with E-state index in [1.165, 1.54) is 7.05 Å². The van der Waals surface area contributed by atoms with Gasteiger partial charge in [-0.15, -0.1) is 0 Å². The molecule has 336 valence electrons. The normalized spacial score (nSPS) is 22.2. The van der Waals surface area contributed by atoms with E-state index in [-0.39, 0.29) is 54.5 Å². The molecule has 3 saturated heterocycles. The second-order valence-corrected chi connectivity index (χ2v) is 18.2. The Morgan fingerprint density at radius 1 is 0.953 bits per heavy atom. The Morgan fingerprint density at radius 3 is 2.44 bits per heavy atom. The van der Waals surface area contributed by atoms with Crippen LogP contribution in [0.3, 0.4) is 0 Å². The maximum Gasteiger partial charge on any atom is 0.293 e. The van der Waals surface area contributed by atoms with E-state index in [4.69, 9.17) is 21.3 Å². The van der Waals surface area contributed by atoms with Crippen LogP contribution in [0.5, 0.6) is 5.75 Å². The van der Waals surface area contributed by atoms with Crippen LogP contribution in [0.15, 0.2) is 53.5 Å². The van der Waals surface area contributed by atoms with Gasteiger partial charge in [0.1, 0.15) is 11.1 Å². The largest absolute Gasteiger partial charge is 0.478 e. The molecule has 1 atom stereocenters. The van der Waals surface area contributed by atoms with Crippen LogP contribution in [-0.2, 0) is 14.4 Å². The van der Waals surface area contributed by atoms with Crippen molar-refractivity contribution in [1.29, 1.82) is 0 Å². The highest BCUT2D eigenvalue weighted by Crippen LogP contribution is 2.40. The Balaban J connectivity index is 0.757. The quantitative estimate of drug-likeness (QED) is 0.173. The van der Waals surface area contributed by atoms with Gasteiger partial charge in [-0.1, -0.05) is 23.7 Å². The molecule has 9 rings (SSSR count). The third-order valence-electron chi connectivity index (χ3n) is 13.5. The van der Waals surface area contributed by atoms with E-state index >= 15 is 0 Å². The van der Waals surface area contributed by atoms with Gasteiger partial charge < -0.3 is 29.7 Å². The van der Waals surface area contributed by atoms with Gasteiger partial charge in [0.15, 0.2) is 18.2 Å². The van der Waals surface area contributed by atoms with Crippen LogP contribution in [0.25, 0.3) is 10.9 Å². The predicted octanol–water partition coefficient (Wildman–Crippen LogP) is 4.08. The number of carbonyl (C=O) groups excluding carboxylic acids is 5. The van der Waals surface area contributed by atoms with E-state index < -0.39 is 23.8 Å². The van der Waals surface area contributed by atoms with Gasteiger partial charge in [0, 0.05) is 69.3 Å². The number of halogens is 1. The SMILES string of the molecule is CNC(=O)COc1cc2cc(Nc3nc(N4CCN(CC5CC(N6CCC(c7cccc8c7C(=O)N(C7CCC(=O)NC7=O)C8=O)CC6)C5)CC4)ncc3Cl)ccc2n(C(C)C)c1=O. The van der Waals surface area contributed by atoms with Crippen molar-refractivity contribution in [1.82, 2.24) is 39.9 Å². The molecule has 17 nitrogen and oxygen atoms in total. The second kappa shape index (κ2) is 17.9. The van der Waals surface area contributed by atoms with Crippen molar-refractivity contribution in [3.63, 3.8) is 0 Å². The van der Waals surface area contributed by atoms with Crippen LogP contribution in [-0.4, -0.2) is 130 Å². The van der Waals surface area contributed by atoms with Crippen LogP contribution in [0, 0.1) is 5.92 Å². The Labute approximate surface area is 375 Å². The minimum Gasteiger partial charge on any atom is -0.478 e. The lowest BCUT2D eigenvalue weighted by atomic mass is 9.77. The number of anilines is 3. The summed E-state index contributed by atoms with van der Waals surface area (Å²) in [5.74, 6) is -0.262. The number of likely N-dealkylation sites (N-methyl/N-ethyl adjacent to an activating group) is 1. The van der Waals surface area contributed by atoms with Crippen LogP contribution in [0.4, 0.5) is 17.5 Å². The number of fused-ring (bicyclic) bond motifs is 2. The van der Waals surface area contributed by atoms with Crippen molar-refractivity contribution in [2.24, 2.45) is 5.92 Å². The third kappa shape index (κ3) is 8.43. The zero-order valence-corrected chi connectivity index (χ0v) is 37.0. The number of ether oxygens (including phenoxy) is 1. The van der Waals surface area contributed by atoms with Crippen molar-refractivity contribution < 1.29 is 28.7 Å². The lowest BCUT2D eigenvalue weighted by molar-refractivity contribution is -0.136. The number of pyridine rings is 1. The highest BCUT2D eigenvalue weighted by atomic mass is 35.5. The van der Waals surface area contributed by atoms with Crippen molar-refractivity contribution in [2.75, 3.05) is 69.7 Å². The van der Waals surface area contributed by atoms with Gasteiger partial charge in [0.25, 0.3) is 23.3 Å². The van der Waals surface area contributed by atoms with Gasteiger partial charge in [0.2, 0.25) is 17.8 Å². The number of carbonyl (C=O) groups is 5. The summed E-state index contributed by atoms with van der Waals surface area (Å²) in [4.78, 5) is 94.3. The zero-order chi connectivity index (χ0) is 44.8. The van der Waals surface area contributed by atoms with E-state index in [1.54, 1.807) is 22.9 Å². The highest BCUT2D eigenvalue weighted by molar-refractivity contribution is 6.33. The summed E-state index contributed by atoms with van der Waals surface area (Å²) in [6.07, 6.45) is 5.95. The fourth-order valence-electron chi connectivity index (χ4n) is 10.1. The maximum atomic E-state index is 13.7. The van der Waals surface area contributed by atoms with E-state index in [9.17, 15) is 28.8 Å². The summed E-state index contributed by atoms with van der Waals surface area (Å²) in [5, 5.41) is 9.25. The molecular weight excluding hydrogens is 840 g/mol. The molecule has 1 saturated carbocycles. The maximum absolute atomic E-state index is 13.7. The van der Waals surface area contributed by atoms with E-state index in [1.807, 2.05) is 44.2 Å². The van der Waals surface area contributed by atoms with E-state index in [0.29, 0.717) is 45.6 Å². The lowest BCUT2D eigenvalue weighted by Crippen LogP contribution is -2.54. The monoisotopic (exact) mass is 892 g/mol. The van der Waals surface area contributed by atoms with Gasteiger partial charge >= 0.3 is 0 Å². The number of benzene rings is 2. The van der Waals surface area contributed by atoms with Gasteiger partial charge in [-0.05, 0) is 107 Å². The molecule has 1 aliphatic carbocycles. The first kappa shape index (κ1) is 43.3. The standard InChI is InChI=1S/C46H53ClN10O7/c1-26(2)56-35-8-7-30(21-29(35)22-37(44(56)62)64-25-39(59)48-3)50-41-34(47)23-49-46(52-41)55-17-15-53(16-18-55)24-27-19-31(20-27)54-13-11-28(12-14-54)32-5-4-6-33-40(32)45(63)57(43(33)61)36-9-10-38(58)51-42(36)60/h4-8,21-23,26-28,31,36H,9-20,24-25H2,1-3H3,(H,48,59)(H,49,50,52)(H,51,58,60). The van der Waals surface area contributed by atoms with E-state index in [0.717, 1.165) is 92.9 Å². The van der Waals surface area contributed by atoms with Gasteiger partial charge in [-0.25, -0.2) is 4.98 Å². The molecule has 4 aliphatic heterocycles. The van der Waals surface area contributed by atoms with Crippen molar-refractivity contribution >= 4 is 69.5 Å². The van der Waals surface area contributed by atoms with Crippen LogP contribution in [0.1, 0.15) is 90.6 Å². The molecule has 64 heavy (non-hydrogen) atoms. The molecule has 0 radical (unpaired) electrons. The smallest absolute Gasteiger partial charge is 0.293 e. The minimum atomic E-state index is -0.968. The molecule has 0 bridgehead atoms. The summed E-state index contributed by atoms with van der Waals surface area (Å²) >= 11 is 6.61. The molecule has 2 aromatic heterocycles. The number of amides is 5. The molecule has 4 aromatic rings. The molecule has 3 N–H and O–H groups in total. The fraction of sp³-hybridized carbons (Fsp3) is 0.478.